The van der Waals surface area contributed by atoms with Gasteiger partial charge in [0.2, 0.25) is 0 Å². The van der Waals surface area contributed by atoms with Crippen molar-refractivity contribution in [1.29, 1.82) is 0 Å². The van der Waals surface area contributed by atoms with E-state index in [-0.39, 0.29) is 11.5 Å². The van der Waals surface area contributed by atoms with Crippen LogP contribution >= 0.6 is 0 Å². The molecule has 2 fully saturated rings. The van der Waals surface area contributed by atoms with Gasteiger partial charge in [-0.2, -0.15) is 0 Å². The highest BCUT2D eigenvalue weighted by atomic mass is 15.2. The van der Waals surface area contributed by atoms with Gasteiger partial charge in [0.25, 0.3) is 0 Å². The number of nitrogens with zero attached hydrogens (tertiary/aromatic N) is 1. The second kappa shape index (κ2) is 9.01. The van der Waals surface area contributed by atoms with Crippen LogP contribution in [-0.4, -0.2) is 29.6 Å². The first kappa shape index (κ1) is 24.9. The van der Waals surface area contributed by atoms with Gasteiger partial charge in [0, 0.05) is 30.7 Å². The van der Waals surface area contributed by atoms with E-state index in [2.05, 4.69) is 97.6 Å². The molecule has 1 saturated heterocycles. The average molecular weight is 416 g/mol. The van der Waals surface area contributed by atoms with Gasteiger partial charge in [-0.05, 0) is 48.3 Å². The number of piperidine rings is 1. The Kier molecular flexibility index (Phi) is 7.47. The molecule has 3 unspecified atom stereocenters. The molecule has 1 aliphatic carbocycles. The van der Waals surface area contributed by atoms with Crippen LogP contribution in [0.25, 0.3) is 0 Å². The summed E-state index contributed by atoms with van der Waals surface area (Å²) in [6.07, 6.45) is 3.16. The van der Waals surface area contributed by atoms with Gasteiger partial charge in [0.1, 0.15) is 0 Å². The van der Waals surface area contributed by atoms with E-state index in [1.165, 1.54) is 11.3 Å². The lowest BCUT2D eigenvalue weighted by Gasteiger charge is -2.39. The smallest absolute Gasteiger partial charge is 0.0917 e. The monoisotopic (exact) mass is 415 g/mol. The van der Waals surface area contributed by atoms with Crippen LogP contribution in [0.15, 0.2) is 36.8 Å². The van der Waals surface area contributed by atoms with Gasteiger partial charge in [-0.1, -0.05) is 80.7 Å². The van der Waals surface area contributed by atoms with Crippen molar-refractivity contribution in [3.8, 4) is 0 Å². The minimum atomic E-state index is 0.105. The molecule has 0 aromatic heterocycles. The van der Waals surface area contributed by atoms with Crippen molar-refractivity contribution < 1.29 is 0 Å². The maximum absolute atomic E-state index is 4.53. The van der Waals surface area contributed by atoms with Crippen LogP contribution in [0.1, 0.15) is 81.6 Å². The number of nitrogens with one attached hydrogen (secondary N) is 2. The molecule has 1 heterocycles. The van der Waals surface area contributed by atoms with Crippen LogP contribution in [0.2, 0.25) is 0 Å². The van der Waals surface area contributed by atoms with Gasteiger partial charge in [-0.15, -0.1) is 0 Å². The summed E-state index contributed by atoms with van der Waals surface area (Å²) in [7, 11) is 0. The Labute approximate surface area is 187 Å². The van der Waals surface area contributed by atoms with Crippen molar-refractivity contribution in [2.24, 2.45) is 28.6 Å². The van der Waals surface area contributed by atoms with E-state index in [1.807, 2.05) is 0 Å². The summed E-state index contributed by atoms with van der Waals surface area (Å²) in [5.41, 5.74) is 2.93. The standard InChI is InChI=1S/C27H49N3/c1-13-21(15-26(7,8)9)28-20(6)29-23(27(10,11)12)14-18(4)30-16-22-19(5)24(22)25(30)17(2)3/h19,21-25,28-29H,2,4,6,13-16H2,1,3,5,7-12H3/t19?,21-,22-,23?,24+,25?/m1/s1. The Morgan fingerprint density at radius 3 is 2.13 bits per heavy atom. The fourth-order valence-electron chi connectivity index (χ4n) is 5.32. The van der Waals surface area contributed by atoms with E-state index in [0.717, 1.165) is 49.4 Å². The SMILES string of the molecule is C=C(NC(CC(=C)N1C[C@@H]2C(C)[C@@H]2C1C(=C)C)C(C)(C)C)N[C@H](CC)CC(C)(C)C. The number of hydrogen-bond acceptors (Lipinski definition) is 3. The molecule has 1 aliphatic heterocycles. The molecule has 0 amide bonds. The Bertz CT molecular complexity index is 648. The zero-order chi connectivity index (χ0) is 23.0. The first-order valence-electron chi connectivity index (χ1n) is 12.0. The van der Waals surface area contributed by atoms with Crippen molar-refractivity contribution in [3.05, 3.63) is 36.8 Å². The Morgan fingerprint density at radius 2 is 1.67 bits per heavy atom. The number of fused-ring (bicyclic) bond motifs is 1. The summed E-state index contributed by atoms with van der Waals surface area (Å²) in [5, 5.41) is 7.37. The maximum atomic E-state index is 4.53. The normalized spacial score (nSPS) is 27.8. The molecule has 2 rings (SSSR count). The van der Waals surface area contributed by atoms with Crippen molar-refractivity contribution in [2.45, 2.75) is 99.7 Å². The third kappa shape index (κ3) is 6.08. The van der Waals surface area contributed by atoms with E-state index < -0.39 is 0 Å². The van der Waals surface area contributed by atoms with Crippen LogP contribution in [0.4, 0.5) is 0 Å². The third-order valence-electron chi connectivity index (χ3n) is 7.22. The molecule has 0 aromatic carbocycles. The number of likely N-dealkylation sites (tertiary alicyclic amines) is 1. The maximum Gasteiger partial charge on any atom is 0.0917 e. The zero-order valence-electron chi connectivity index (χ0n) is 21.4. The average Bonchev–Trinajstić information content (AvgIpc) is 3.02. The highest BCUT2D eigenvalue weighted by Gasteiger charge is 2.59. The first-order valence-corrected chi connectivity index (χ1v) is 12.0. The minimum absolute atomic E-state index is 0.105. The largest absolute Gasteiger partial charge is 0.370 e. The van der Waals surface area contributed by atoms with E-state index >= 15 is 0 Å². The lowest BCUT2D eigenvalue weighted by Crippen LogP contribution is -2.47. The number of hydrogen-bond donors (Lipinski definition) is 2. The Hall–Kier alpha value is -1.38. The quantitative estimate of drug-likeness (QED) is 0.409. The Morgan fingerprint density at radius 1 is 1.07 bits per heavy atom. The lowest BCUT2D eigenvalue weighted by atomic mass is 9.83. The molecule has 2 aliphatic rings. The predicted molar refractivity (Wildman–Crippen MR) is 132 cm³/mol. The second-order valence-corrected chi connectivity index (χ2v) is 12.4. The summed E-state index contributed by atoms with van der Waals surface area (Å²) in [6.45, 7) is 34.9. The fraction of sp³-hybridized carbons (Fsp3) is 0.778. The molecule has 1 saturated carbocycles. The summed E-state index contributed by atoms with van der Waals surface area (Å²) >= 11 is 0. The highest BCUT2D eigenvalue weighted by Crippen LogP contribution is 2.57. The topological polar surface area (TPSA) is 27.3 Å². The zero-order valence-corrected chi connectivity index (χ0v) is 21.4. The molecule has 172 valence electrons. The van der Waals surface area contributed by atoms with Gasteiger partial charge in [0.05, 0.1) is 11.9 Å². The molecule has 30 heavy (non-hydrogen) atoms. The van der Waals surface area contributed by atoms with Crippen molar-refractivity contribution in [2.75, 3.05) is 6.54 Å². The molecule has 0 radical (unpaired) electrons. The van der Waals surface area contributed by atoms with E-state index in [1.54, 1.807) is 0 Å². The Balaban J connectivity index is 2.02. The van der Waals surface area contributed by atoms with Gasteiger partial charge in [0.15, 0.2) is 0 Å². The predicted octanol–water partition coefficient (Wildman–Crippen LogP) is 6.31. The van der Waals surface area contributed by atoms with Crippen LogP contribution in [0.5, 0.6) is 0 Å². The third-order valence-corrected chi connectivity index (χ3v) is 7.22. The van der Waals surface area contributed by atoms with Crippen LogP contribution < -0.4 is 10.6 Å². The lowest BCUT2D eigenvalue weighted by molar-refractivity contribution is 0.229. The minimum Gasteiger partial charge on any atom is -0.370 e. The van der Waals surface area contributed by atoms with Crippen LogP contribution in [0.3, 0.4) is 0 Å². The van der Waals surface area contributed by atoms with Crippen LogP contribution in [0, 0.1) is 28.6 Å². The molecule has 3 heteroatoms. The summed E-state index contributed by atoms with van der Waals surface area (Å²) in [6, 6.07) is 1.18. The fourth-order valence-corrected chi connectivity index (χ4v) is 5.32. The van der Waals surface area contributed by atoms with Gasteiger partial charge >= 0.3 is 0 Å². The molecule has 3 nitrogen and oxygen atoms in total. The highest BCUT2D eigenvalue weighted by molar-refractivity contribution is 5.24. The van der Waals surface area contributed by atoms with Crippen molar-refractivity contribution >= 4 is 0 Å². The van der Waals surface area contributed by atoms with E-state index in [0.29, 0.717) is 17.5 Å². The van der Waals surface area contributed by atoms with Crippen molar-refractivity contribution in [3.63, 3.8) is 0 Å². The van der Waals surface area contributed by atoms with E-state index in [4.69, 9.17) is 0 Å². The van der Waals surface area contributed by atoms with E-state index in [9.17, 15) is 0 Å². The molecule has 6 atom stereocenters. The van der Waals surface area contributed by atoms with Crippen molar-refractivity contribution in [1.82, 2.24) is 15.5 Å². The van der Waals surface area contributed by atoms with Gasteiger partial charge < -0.3 is 15.5 Å². The van der Waals surface area contributed by atoms with Gasteiger partial charge in [-0.25, -0.2) is 0 Å². The van der Waals surface area contributed by atoms with Crippen LogP contribution in [-0.2, 0) is 0 Å². The molecule has 0 bridgehead atoms. The molecule has 0 spiro atoms. The second-order valence-electron chi connectivity index (χ2n) is 12.4. The molecular formula is C27H49N3. The first-order chi connectivity index (χ1) is 13.7. The summed E-state index contributed by atoms with van der Waals surface area (Å²) in [5.74, 6) is 3.38. The summed E-state index contributed by atoms with van der Waals surface area (Å²) < 4.78 is 0. The summed E-state index contributed by atoms with van der Waals surface area (Å²) in [4.78, 5) is 2.54. The molecule has 2 N–H and O–H groups in total. The number of rotatable bonds is 10. The molecule has 0 aromatic rings. The molecular weight excluding hydrogens is 366 g/mol. The van der Waals surface area contributed by atoms with Gasteiger partial charge in [-0.3, -0.25) is 0 Å².